The van der Waals surface area contributed by atoms with Crippen LogP contribution >= 0.6 is 0 Å². The van der Waals surface area contributed by atoms with E-state index < -0.39 is 0 Å². The molecule has 0 bridgehead atoms. The second-order valence-corrected chi connectivity index (χ2v) is 8.48. The molecule has 3 nitrogen and oxygen atoms in total. The Morgan fingerprint density at radius 3 is 1.50 bits per heavy atom. The van der Waals surface area contributed by atoms with Crippen LogP contribution in [0.3, 0.4) is 0 Å². The van der Waals surface area contributed by atoms with Crippen molar-refractivity contribution in [3.63, 3.8) is 0 Å². The largest absolute Gasteiger partial charge is 0.390 e. The van der Waals surface area contributed by atoms with Crippen LogP contribution in [0.4, 0.5) is 0 Å². The van der Waals surface area contributed by atoms with Gasteiger partial charge >= 0.3 is 0 Å². The third kappa shape index (κ3) is 5.17. The van der Waals surface area contributed by atoms with Crippen LogP contribution in [0.5, 0.6) is 0 Å². The summed E-state index contributed by atoms with van der Waals surface area (Å²) < 4.78 is 0. The first-order valence-electron chi connectivity index (χ1n) is 10.9. The SMILES string of the molecule is CN(Cc1ccccc1)[C@H]1CC[C@H](N(Cc2ccccc2)Cc2ccccc2)[C@H]1O. The Kier molecular flexibility index (Phi) is 6.96. The third-order valence-corrected chi connectivity index (χ3v) is 6.31. The second kappa shape index (κ2) is 10.0. The molecule has 1 aliphatic carbocycles. The van der Waals surface area contributed by atoms with Gasteiger partial charge in [0, 0.05) is 31.7 Å². The van der Waals surface area contributed by atoms with E-state index in [1.807, 2.05) is 0 Å². The standard InChI is InChI=1S/C27H32N2O/c1-28(19-22-11-5-2-6-12-22)25-17-18-26(27(25)30)29(20-23-13-7-3-8-14-23)21-24-15-9-4-10-16-24/h2-16,25-27,30H,17-21H2,1H3/t25-,26-,27-/m0/s1. The fraction of sp³-hybridized carbons (Fsp3) is 0.333. The summed E-state index contributed by atoms with van der Waals surface area (Å²) >= 11 is 0. The first-order valence-corrected chi connectivity index (χ1v) is 10.9. The number of benzene rings is 3. The van der Waals surface area contributed by atoms with Crippen LogP contribution in [-0.2, 0) is 19.6 Å². The van der Waals surface area contributed by atoms with E-state index in [9.17, 15) is 5.11 Å². The zero-order valence-corrected chi connectivity index (χ0v) is 17.8. The lowest BCUT2D eigenvalue weighted by Gasteiger charge is -2.34. The summed E-state index contributed by atoms with van der Waals surface area (Å²) in [6, 6.07) is 32.1. The van der Waals surface area contributed by atoms with Gasteiger partial charge in [0.2, 0.25) is 0 Å². The molecular weight excluding hydrogens is 368 g/mol. The van der Waals surface area contributed by atoms with Gasteiger partial charge in [-0.2, -0.15) is 0 Å². The molecule has 0 saturated heterocycles. The first kappa shape index (κ1) is 20.8. The molecule has 1 saturated carbocycles. The first-order chi connectivity index (χ1) is 14.7. The van der Waals surface area contributed by atoms with Gasteiger partial charge in [-0.3, -0.25) is 9.80 Å². The summed E-state index contributed by atoms with van der Waals surface area (Å²) in [4.78, 5) is 4.79. The fourth-order valence-corrected chi connectivity index (χ4v) is 4.73. The lowest BCUT2D eigenvalue weighted by molar-refractivity contribution is 0.0182. The topological polar surface area (TPSA) is 26.7 Å². The van der Waals surface area contributed by atoms with Gasteiger partial charge in [-0.1, -0.05) is 91.0 Å². The van der Waals surface area contributed by atoms with Crippen LogP contribution in [0.1, 0.15) is 29.5 Å². The highest BCUT2D eigenvalue weighted by Crippen LogP contribution is 2.31. The summed E-state index contributed by atoms with van der Waals surface area (Å²) in [7, 11) is 2.14. The fourth-order valence-electron chi connectivity index (χ4n) is 4.73. The monoisotopic (exact) mass is 400 g/mol. The summed E-state index contributed by atoms with van der Waals surface area (Å²) in [5.74, 6) is 0. The van der Waals surface area contributed by atoms with E-state index in [2.05, 4.69) is 108 Å². The maximum Gasteiger partial charge on any atom is 0.0850 e. The Balaban J connectivity index is 1.48. The molecule has 0 aliphatic heterocycles. The van der Waals surface area contributed by atoms with E-state index in [4.69, 9.17) is 0 Å². The predicted octanol–water partition coefficient (Wildman–Crippen LogP) is 4.71. The smallest absolute Gasteiger partial charge is 0.0850 e. The minimum atomic E-state index is -0.355. The number of aliphatic hydroxyl groups excluding tert-OH is 1. The van der Waals surface area contributed by atoms with Gasteiger partial charge in [-0.25, -0.2) is 0 Å². The van der Waals surface area contributed by atoms with Crippen molar-refractivity contribution in [1.82, 2.24) is 9.80 Å². The van der Waals surface area contributed by atoms with Gasteiger partial charge in [0.1, 0.15) is 0 Å². The molecule has 3 heteroatoms. The molecular formula is C27H32N2O. The molecule has 1 aliphatic rings. The Bertz CT molecular complexity index is 843. The maximum absolute atomic E-state index is 11.3. The molecule has 4 rings (SSSR count). The molecule has 0 amide bonds. The molecule has 1 N–H and O–H groups in total. The number of aliphatic hydroxyl groups is 1. The predicted molar refractivity (Wildman–Crippen MR) is 123 cm³/mol. The zero-order chi connectivity index (χ0) is 20.8. The van der Waals surface area contributed by atoms with Crippen LogP contribution in [-0.4, -0.2) is 40.1 Å². The molecule has 1 fully saturated rings. The van der Waals surface area contributed by atoms with E-state index in [0.29, 0.717) is 0 Å². The van der Waals surface area contributed by atoms with Gasteiger partial charge in [0.15, 0.2) is 0 Å². The van der Waals surface area contributed by atoms with Crippen molar-refractivity contribution >= 4 is 0 Å². The van der Waals surface area contributed by atoms with E-state index in [0.717, 1.165) is 32.5 Å². The van der Waals surface area contributed by atoms with Crippen LogP contribution in [0.15, 0.2) is 91.0 Å². The highest BCUT2D eigenvalue weighted by Gasteiger charge is 2.40. The minimum absolute atomic E-state index is 0.161. The van der Waals surface area contributed by atoms with Crippen LogP contribution in [0.2, 0.25) is 0 Å². The van der Waals surface area contributed by atoms with Crippen molar-refractivity contribution in [2.75, 3.05) is 7.05 Å². The number of nitrogens with zero attached hydrogens (tertiary/aromatic N) is 2. The molecule has 156 valence electrons. The lowest BCUT2D eigenvalue weighted by Crippen LogP contribution is -2.47. The normalized spacial score (nSPS) is 21.4. The van der Waals surface area contributed by atoms with Gasteiger partial charge in [0.25, 0.3) is 0 Å². The molecule has 3 aromatic rings. The van der Waals surface area contributed by atoms with Gasteiger partial charge in [-0.05, 0) is 36.6 Å². The van der Waals surface area contributed by atoms with Crippen molar-refractivity contribution < 1.29 is 5.11 Å². The number of rotatable bonds is 8. The average Bonchev–Trinajstić information content (AvgIpc) is 3.17. The third-order valence-electron chi connectivity index (χ3n) is 6.31. The van der Waals surface area contributed by atoms with E-state index in [1.165, 1.54) is 16.7 Å². The van der Waals surface area contributed by atoms with Crippen molar-refractivity contribution in [3.05, 3.63) is 108 Å². The van der Waals surface area contributed by atoms with E-state index in [1.54, 1.807) is 0 Å². The van der Waals surface area contributed by atoms with Crippen molar-refractivity contribution in [2.45, 2.75) is 50.7 Å². The molecule has 30 heavy (non-hydrogen) atoms. The van der Waals surface area contributed by atoms with Crippen LogP contribution < -0.4 is 0 Å². The quantitative estimate of drug-likeness (QED) is 0.593. The molecule has 3 aromatic carbocycles. The van der Waals surface area contributed by atoms with Gasteiger partial charge < -0.3 is 5.11 Å². The van der Waals surface area contributed by atoms with Gasteiger partial charge in [-0.15, -0.1) is 0 Å². The highest BCUT2D eigenvalue weighted by atomic mass is 16.3. The molecule has 0 radical (unpaired) electrons. The molecule has 0 heterocycles. The maximum atomic E-state index is 11.3. The Hall–Kier alpha value is -2.46. The second-order valence-electron chi connectivity index (χ2n) is 8.48. The van der Waals surface area contributed by atoms with E-state index in [-0.39, 0.29) is 18.2 Å². The van der Waals surface area contributed by atoms with Crippen molar-refractivity contribution in [3.8, 4) is 0 Å². The summed E-state index contributed by atoms with van der Waals surface area (Å²) in [5, 5.41) is 11.3. The Morgan fingerprint density at radius 1 is 0.633 bits per heavy atom. The summed E-state index contributed by atoms with van der Waals surface area (Å²) in [5.41, 5.74) is 3.88. The lowest BCUT2D eigenvalue weighted by atomic mass is 10.1. The number of likely N-dealkylation sites (N-methyl/N-ethyl adjacent to an activating group) is 1. The number of hydrogen-bond donors (Lipinski definition) is 1. The Labute approximate surface area is 180 Å². The molecule has 0 unspecified atom stereocenters. The summed E-state index contributed by atoms with van der Waals surface area (Å²) in [6.07, 6.45) is 1.69. The molecule has 0 spiro atoms. The zero-order valence-electron chi connectivity index (χ0n) is 17.8. The average molecular weight is 401 g/mol. The van der Waals surface area contributed by atoms with E-state index >= 15 is 0 Å². The van der Waals surface area contributed by atoms with Crippen LogP contribution in [0.25, 0.3) is 0 Å². The van der Waals surface area contributed by atoms with Crippen LogP contribution in [0, 0.1) is 0 Å². The van der Waals surface area contributed by atoms with Crippen molar-refractivity contribution in [2.24, 2.45) is 0 Å². The highest BCUT2D eigenvalue weighted by molar-refractivity contribution is 5.18. The molecule has 0 aromatic heterocycles. The minimum Gasteiger partial charge on any atom is -0.390 e. The summed E-state index contributed by atoms with van der Waals surface area (Å²) in [6.45, 7) is 2.58. The number of hydrogen-bond acceptors (Lipinski definition) is 3. The Morgan fingerprint density at radius 2 is 1.03 bits per heavy atom. The van der Waals surface area contributed by atoms with Crippen molar-refractivity contribution in [1.29, 1.82) is 0 Å². The molecule has 3 atom stereocenters. The van der Waals surface area contributed by atoms with Gasteiger partial charge in [0.05, 0.1) is 6.10 Å².